The van der Waals surface area contributed by atoms with E-state index in [9.17, 15) is 14.5 Å². The average Bonchev–Trinajstić information content (AvgIpc) is 2.99. The summed E-state index contributed by atoms with van der Waals surface area (Å²) in [6, 6.07) is 0. The number of aliphatic imine (C=N–C) groups is 1. The van der Waals surface area contributed by atoms with Crippen LogP contribution in [0.4, 0.5) is 0 Å². The van der Waals surface area contributed by atoms with E-state index in [0.717, 1.165) is 0 Å². The van der Waals surface area contributed by atoms with Crippen LogP contribution in [-0.2, 0) is 32.6 Å². The first-order valence-electron chi connectivity index (χ1n) is 10.2. The highest BCUT2D eigenvalue weighted by Crippen LogP contribution is 2.62. The van der Waals surface area contributed by atoms with Gasteiger partial charge in [0.25, 0.3) is 0 Å². The Kier molecular flexibility index (Phi) is 10.1. The molecule has 0 saturated carbocycles. The summed E-state index contributed by atoms with van der Waals surface area (Å²) in [5.41, 5.74) is 9.01. The Hall–Kier alpha value is -1.52. The van der Waals surface area contributed by atoms with Gasteiger partial charge in [-0.25, -0.2) is 4.79 Å². The number of carbonyl (C=O) groups excluding carboxylic acids is 2. The molecule has 0 spiro atoms. The maximum absolute atomic E-state index is 13.0. The summed E-state index contributed by atoms with van der Waals surface area (Å²) in [5.74, 6) is -2.57. The lowest BCUT2D eigenvalue weighted by Gasteiger charge is -2.29. The molecular formula is C19H37N3O8P+. The lowest BCUT2D eigenvalue weighted by molar-refractivity contribution is -0.178. The van der Waals surface area contributed by atoms with Gasteiger partial charge < -0.3 is 20.9 Å². The van der Waals surface area contributed by atoms with E-state index >= 15 is 0 Å². The molecule has 0 radical (unpaired) electrons. The number of hydrogen-bond donors (Lipinski definition) is 3. The topological polar surface area (TPSA) is 165 Å². The highest BCUT2D eigenvalue weighted by Gasteiger charge is 2.56. The SMILES string of the molecule is CC(C)(C)OC(=O)C(CCCCN=C(N)N)C(O[P+]1(O)OCCO1)C(=O)OC(C)(C)C. The third-order valence-electron chi connectivity index (χ3n) is 3.77. The summed E-state index contributed by atoms with van der Waals surface area (Å²) in [6.45, 7) is 10.8. The molecule has 1 fully saturated rings. The van der Waals surface area contributed by atoms with Crippen molar-refractivity contribution in [3.05, 3.63) is 0 Å². The van der Waals surface area contributed by atoms with E-state index in [1.807, 2.05) is 0 Å². The molecule has 1 rings (SSSR count). The van der Waals surface area contributed by atoms with Gasteiger partial charge in [-0.15, -0.1) is 4.52 Å². The van der Waals surface area contributed by atoms with Crippen LogP contribution in [0, 0.1) is 5.92 Å². The molecule has 2 unspecified atom stereocenters. The summed E-state index contributed by atoms with van der Waals surface area (Å²) in [6.07, 6.45) is -0.223. The normalized spacial score (nSPS) is 18.2. The molecule has 1 aliphatic heterocycles. The van der Waals surface area contributed by atoms with Crippen molar-refractivity contribution in [2.24, 2.45) is 22.4 Å². The quantitative estimate of drug-likeness (QED) is 0.142. The lowest BCUT2D eigenvalue weighted by atomic mass is 9.95. The van der Waals surface area contributed by atoms with Gasteiger partial charge in [-0.1, -0.05) is 6.42 Å². The van der Waals surface area contributed by atoms with Gasteiger partial charge in [-0.3, -0.25) is 9.79 Å². The zero-order chi connectivity index (χ0) is 23.9. The first-order valence-corrected chi connectivity index (χ1v) is 11.7. The van der Waals surface area contributed by atoms with E-state index in [1.165, 1.54) is 0 Å². The Bertz CT molecular complexity index is 635. The molecule has 0 aromatic rings. The van der Waals surface area contributed by atoms with Crippen LogP contribution < -0.4 is 11.5 Å². The molecular weight excluding hydrogens is 429 g/mol. The van der Waals surface area contributed by atoms with Crippen LogP contribution in [0.15, 0.2) is 4.99 Å². The van der Waals surface area contributed by atoms with Crippen LogP contribution in [0.3, 0.4) is 0 Å². The Morgan fingerprint density at radius 2 is 1.52 bits per heavy atom. The van der Waals surface area contributed by atoms with Gasteiger partial charge in [0.05, 0.1) is 5.92 Å². The lowest BCUT2D eigenvalue weighted by Crippen LogP contribution is -2.43. The number of nitrogens with two attached hydrogens (primary N) is 2. The number of esters is 2. The van der Waals surface area contributed by atoms with Gasteiger partial charge in [0, 0.05) is 6.54 Å². The molecule has 11 nitrogen and oxygen atoms in total. The summed E-state index contributed by atoms with van der Waals surface area (Å²) in [5, 5.41) is 0. The molecule has 2 atom stereocenters. The average molecular weight is 466 g/mol. The van der Waals surface area contributed by atoms with E-state index in [2.05, 4.69) is 4.99 Å². The summed E-state index contributed by atoms with van der Waals surface area (Å²) in [7, 11) is -3.76. The van der Waals surface area contributed by atoms with Gasteiger partial charge in [0.1, 0.15) is 24.4 Å². The monoisotopic (exact) mass is 466 g/mol. The maximum atomic E-state index is 13.0. The molecule has 180 valence electrons. The summed E-state index contributed by atoms with van der Waals surface area (Å²) >= 11 is 0. The second-order valence-electron chi connectivity index (χ2n) is 9.14. The molecule has 0 amide bonds. The van der Waals surface area contributed by atoms with Gasteiger partial charge in [0.2, 0.25) is 6.10 Å². The van der Waals surface area contributed by atoms with E-state index in [-0.39, 0.29) is 25.6 Å². The third kappa shape index (κ3) is 11.1. The Balaban J connectivity index is 3.11. The minimum Gasteiger partial charge on any atom is -0.460 e. The highest BCUT2D eigenvalue weighted by atomic mass is 31.2. The number of nitrogens with zero attached hydrogens (tertiary/aromatic N) is 1. The Morgan fingerprint density at radius 3 is 2.00 bits per heavy atom. The summed E-state index contributed by atoms with van der Waals surface area (Å²) in [4.78, 5) is 40.3. The number of rotatable bonds is 10. The van der Waals surface area contributed by atoms with E-state index in [4.69, 9.17) is 34.5 Å². The van der Waals surface area contributed by atoms with Crippen LogP contribution in [0.1, 0.15) is 60.8 Å². The Labute approximate surface area is 184 Å². The molecule has 12 heteroatoms. The maximum Gasteiger partial charge on any atom is 0.573 e. The van der Waals surface area contributed by atoms with Crippen LogP contribution >= 0.6 is 8.17 Å². The second kappa shape index (κ2) is 11.4. The second-order valence-corrected chi connectivity index (χ2v) is 10.8. The minimum absolute atomic E-state index is 0.0267. The largest absolute Gasteiger partial charge is 0.573 e. The van der Waals surface area contributed by atoms with Crippen molar-refractivity contribution in [1.29, 1.82) is 0 Å². The number of guanidine groups is 1. The van der Waals surface area contributed by atoms with Crippen molar-refractivity contribution in [1.82, 2.24) is 0 Å². The molecule has 1 saturated heterocycles. The molecule has 0 aliphatic carbocycles. The van der Waals surface area contributed by atoms with E-state index < -0.39 is 43.3 Å². The van der Waals surface area contributed by atoms with Crippen molar-refractivity contribution in [3.63, 3.8) is 0 Å². The molecule has 0 bridgehead atoms. The molecule has 5 N–H and O–H groups in total. The molecule has 1 heterocycles. The minimum atomic E-state index is -3.76. The van der Waals surface area contributed by atoms with Crippen LogP contribution in [0.5, 0.6) is 0 Å². The third-order valence-corrected chi connectivity index (χ3v) is 5.28. The number of unbranched alkanes of at least 4 members (excludes halogenated alkanes) is 1. The number of ether oxygens (including phenoxy) is 2. The molecule has 0 aromatic heterocycles. The van der Waals surface area contributed by atoms with Gasteiger partial charge >= 0.3 is 20.1 Å². The first kappa shape index (κ1) is 27.5. The summed E-state index contributed by atoms with van der Waals surface area (Å²) < 4.78 is 26.9. The fraction of sp³-hybridized carbons (Fsp3) is 0.842. The van der Waals surface area contributed by atoms with Crippen molar-refractivity contribution >= 4 is 26.1 Å². The first-order chi connectivity index (χ1) is 14.1. The standard InChI is InChI=1S/C19H37N3O8P/c1-18(2,3)28-15(23)13(9-7-8-10-22-17(20)21)14(16(24)29-19(4,5)6)30-31(25)26-11-12-27-31/h13-14,25H,7-12H2,1-6H3,(H4,20,21,22)/q+1. The van der Waals surface area contributed by atoms with Gasteiger partial charge in [0.15, 0.2) is 5.96 Å². The number of hydrogen-bond acceptors (Lipinski definition) is 9. The van der Waals surface area contributed by atoms with Crippen LogP contribution in [0.2, 0.25) is 0 Å². The fourth-order valence-corrected chi connectivity index (χ4v) is 3.97. The van der Waals surface area contributed by atoms with E-state index in [1.54, 1.807) is 41.5 Å². The predicted octanol–water partition coefficient (Wildman–Crippen LogP) is 1.83. The zero-order valence-electron chi connectivity index (χ0n) is 19.3. The highest BCUT2D eigenvalue weighted by molar-refractivity contribution is 7.55. The predicted molar refractivity (Wildman–Crippen MR) is 116 cm³/mol. The molecule has 31 heavy (non-hydrogen) atoms. The van der Waals surface area contributed by atoms with Crippen molar-refractivity contribution in [2.45, 2.75) is 78.1 Å². The van der Waals surface area contributed by atoms with Crippen LogP contribution in [-0.4, -0.2) is 59.9 Å². The smallest absolute Gasteiger partial charge is 0.460 e. The van der Waals surface area contributed by atoms with Gasteiger partial charge in [-0.2, -0.15) is 13.9 Å². The fourth-order valence-electron chi connectivity index (χ4n) is 2.64. The molecule has 0 aromatic carbocycles. The van der Waals surface area contributed by atoms with E-state index in [0.29, 0.717) is 19.4 Å². The van der Waals surface area contributed by atoms with Crippen molar-refractivity contribution in [3.8, 4) is 0 Å². The van der Waals surface area contributed by atoms with Crippen LogP contribution in [0.25, 0.3) is 0 Å². The number of carbonyl (C=O) groups is 2. The van der Waals surface area contributed by atoms with Crippen molar-refractivity contribution in [2.75, 3.05) is 19.8 Å². The molecule has 1 aliphatic rings. The Morgan fingerprint density at radius 1 is 1.00 bits per heavy atom. The van der Waals surface area contributed by atoms with Crippen molar-refractivity contribution < 1.29 is 37.5 Å². The zero-order valence-corrected chi connectivity index (χ0v) is 20.1. The van der Waals surface area contributed by atoms with Gasteiger partial charge in [-0.05, 0) is 54.4 Å².